The first-order valence-corrected chi connectivity index (χ1v) is 8.76. The summed E-state index contributed by atoms with van der Waals surface area (Å²) in [5, 5.41) is 8.31. The molecule has 3 aromatic carbocycles. The number of hydrogen-bond acceptors (Lipinski definition) is 5. The zero-order chi connectivity index (χ0) is 18.1. The van der Waals surface area contributed by atoms with Gasteiger partial charge >= 0.3 is 0 Å². The number of fused-ring (bicyclic) bond motifs is 1. The molecule has 0 N–H and O–H groups in total. The minimum atomic E-state index is 0.502. The number of nitrogens with zero attached hydrogens (tertiary/aromatic N) is 2. The predicted molar refractivity (Wildman–Crippen MR) is 102 cm³/mol. The third-order valence-corrected chi connectivity index (χ3v) is 4.45. The van der Waals surface area contributed by atoms with Gasteiger partial charge in [0.2, 0.25) is 11.8 Å². The number of benzene rings is 3. The van der Waals surface area contributed by atoms with Gasteiger partial charge in [-0.15, -0.1) is 10.2 Å². The van der Waals surface area contributed by atoms with Crippen LogP contribution in [0.2, 0.25) is 0 Å². The van der Waals surface area contributed by atoms with Crippen molar-refractivity contribution in [1.29, 1.82) is 0 Å². The van der Waals surface area contributed by atoms with Gasteiger partial charge < -0.3 is 13.9 Å². The molecule has 0 bridgehead atoms. The molecule has 27 heavy (non-hydrogen) atoms. The average Bonchev–Trinajstić information content (AvgIpc) is 3.24. The summed E-state index contributed by atoms with van der Waals surface area (Å²) in [6.45, 7) is 1.17. The van der Waals surface area contributed by atoms with E-state index < -0.39 is 0 Å². The minimum absolute atomic E-state index is 0.502. The summed E-state index contributed by atoms with van der Waals surface area (Å²) in [6.07, 6.45) is 0. The van der Waals surface area contributed by atoms with E-state index in [0.29, 0.717) is 25.0 Å². The third kappa shape index (κ3) is 3.04. The average molecular weight is 356 g/mol. The molecule has 0 fully saturated rings. The molecule has 0 amide bonds. The summed E-state index contributed by atoms with van der Waals surface area (Å²) in [5.41, 5.74) is 3.94. The van der Waals surface area contributed by atoms with Crippen LogP contribution in [0, 0.1) is 0 Å². The fourth-order valence-corrected chi connectivity index (χ4v) is 3.07. The molecule has 1 aromatic heterocycles. The van der Waals surface area contributed by atoms with Crippen LogP contribution < -0.4 is 9.47 Å². The van der Waals surface area contributed by atoms with Gasteiger partial charge in [0.15, 0.2) is 11.5 Å². The van der Waals surface area contributed by atoms with Crippen LogP contribution in [0.5, 0.6) is 11.5 Å². The first-order chi connectivity index (χ1) is 13.4. The van der Waals surface area contributed by atoms with Crippen molar-refractivity contribution in [3.63, 3.8) is 0 Å². The van der Waals surface area contributed by atoms with Gasteiger partial charge in [0, 0.05) is 11.1 Å². The molecule has 0 aliphatic carbocycles. The highest BCUT2D eigenvalue weighted by atomic mass is 16.6. The first-order valence-electron chi connectivity index (χ1n) is 8.76. The van der Waals surface area contributed by atoms with Crippen molar-refractivity contribution in [2.75, 3.05) is 13.2 Å². The summed E-state index contributed by atoms with van der Waals surface area (Å²) in [4.78, 5) is 0. The summed E-state index contributed by atoms with van der Waals surface area (Å²) in [7, 11) is 0. The molecule has 0 spiro atoms. The maximum atomic E-state index is 5.82. The second-order valence-corrected chi connectivity index (χ2v) is 6.21. The van der Waals surface area contributed by atoms with Gasteiger partial charge in [0.1, 0.15) is 13.2 Å². The van der Waals surface area contributed by atoms with E-state index in [1.165, 1.54) is 0 Å². The number of aromatic nitrogens is 2. The van der Waals surface area contributed by atoms with E-state index in [4.69, 9.17) is 13.9 Å². The Bertz CT molecular complexity index is 1070. The van der Waals surface area contributed by atoms with Crippen molar-refractivity contribution >= 4 is 0 Å². The largest absolute Gasteiger partial charge is 0.486 e. The maximum absolute atomic E-state index is 5.82. The first kappa shape index (κ1) is 15.6. The molecule has 4 aromatic rings. The van der Waals surface area contributed by atoms with Crippen LogP contribution in [-0.4, -0.2) is 23.4 Å². The summed E-state index contributed by atoms with van der Waals surface area (Å²) in [6, 6.07) is 23.8. The molecule has 5 rings (SSSR count). The molecule has 0 atom stereocenters. The number of ether oxygens (including phenoxy) is 2. The lowest BCUT2D eigenvalue weighted by Gasteiger charge is -2.18. The predicted octanol–water partition coefficient (Wildman–Crippen LogP) is 4.84. The van der Waals surface area contributed by atoms with Crippen LogP contribution in [0.25, 0.3) is 34.0 Å². The standard InChI is InChI=1S/C22H16N2O3/c1-2-4-16(5-3-1)21-23-24-22(27-21)17-8-6-15(7-9-17)18-10-11-19-20(14-18)26-13-12-25-19/h1-11,14H,12-13H2. The normalized spacial score (nSPS) is 12.7. The van der Waals surface area contributed by atoms with Crippen LogP contribution in [0.4, 0.5) is 0 Å². The second-order valence-electron chi connectivity index (χ2n) is 6.21. The van der Waals surface area contributed by atoms with Crippen molar-refractivity contribution < 1.29 is 13.9 Å². The van der Waals surface area contributed by atoms with E-state index in [1.54, 1.807) is 0 Å². The van der Waals surface area contributed by atoms with Crippen molar-refractivity contribution in [1.82, 2.24) is 10.2 Å². The zero-order valence-electron chi connectivity index (χ0n) is 14.5. The van der Waals surface area contributed by atoms with Crippen LogP contribution in [0.15, 0.2) is 77.2 Å². The van der Waals surface area contributed by atoms with Gasteiger partial charge in [-0.05, 0) is 47.5 Å². The highest BCUT2D eigenvalue weighted by Crippen LogP contribution is 2.35. The highest BCUT2D eigenvalue weighted by Gasteiger charge is 2.13. The van der Waals surface area contributed by atoms with Gasteiger partial charge in [-0.1, -0.05) is 36.4 Å². The Morgan fingerprint density at radius 1 is 0.556 bits per heavy atom. The van der Waals surface area contributed by atoms with Crippen molar-refractivity contribution in [3.8, 4) is 45.5 Å². The van der Waals surface area contributed by atoms with E-state index in [0.717, 1.165) is 33.8 Å². The van der Waals surface area contributed by atoms with Gasteiger partial charge in [0.05, 0.1) is 0 Å². The lowest BCUT2D eigenvalue weighted by atomic mass is 10.0. The van der Waals surface area contributed by atoms with E-state index >= 15 is 0 Å². The van der Waals surface area contributed by atoms with Gasteiger partial charge in [-0.2, -0.15) is 0 Å². The molecule has 1 aliphatic heterocycles. The monoisotopic (exact) mass is 356 g/mol. The molecule has 5 heteroatoms. The maximum Gasteiger partial charge on any atom is 0.248 e. The molecule has 132 valence electrons. The fourth-order valence-electron chi connectivity index (χ4n) is 3.07. The molecule has 5 nitrogen and oxygen atoms in total. The highest BCUT2D eigenvalue weighted by molar-refractivity contribution is 5.70. The van der Waals surface area contributed by atoms with Crippen LogP contribution in [0.1, 0.15) is 0 Å². The molecule has 1 aliphatic rings. The van der Waals surface area contributed by atoms with E-state index in [2.05, 4.69) is 10.2 Å². The minimum Gasteiger partial charge on any atom is -0.486 e. The molecular weight excluding hydrogens is 340 g/mol. The lowest BCUT2D eigenvalue weighted by molar-refractivity contribution is 0.171. The quantitative estimate of drug-likeness (QED) is 0.526. The zero-order valence-corrected chi connectivity index (χ0v) is 14.5. The van der Waals surface area contributed by atoms with Crippen molar-refractivity contribution in [2.24, 2.45) is 0 Å². The molecular formula is C22H16N2O3. The Balaban J connectivity index is 1.42. The fraction of sp³-hybridized carbons (Fsp3) is 0.0909. The van der Waals surface area contributed by atoms with Gasteiger partial charge in [-0.25, -0.2) is 0 Å². The second kappa shape index (κ2) is 6.61. The van der Waals surface area contributed by atoms with Gasteiger partial charge in [-0.3, -0.25) is 0 Å². The van der Waals surface area contributed by atoms with Gasteiger partial charge in [0.25, 0.3) is 0 Å². The van der Waals surface area contributed by atoms with Crippen LogP contribution in [-0.2, 0) is 0 Å². The lowest BCUT2D eigenvalue weighted by Crippen LogP contribution is -2.15. The molecule has 0 unspecified atom stereocenters. The number of rotatable bonds is 3. The molecule has 0 saturated heterocycles. The third-order valence-electron chi connectivity index (χ3n) is 4.45. The SMILES string of the molecule is c1ccc(-c2nnc(-c3ccc(-c4ccc5c(c4)OCCO5)cc3)o2)cc1. The van der Waals surface area contributed by atoms with E-state index in [9.17, 15) is 0 Å². The Kier molecular flexibility index (Phi) is 3.83. The van der Waals surface area contributed by atoms with Crippen LogP contribution in [0.3, 0.4) is 0 Å². The summed E-state index contributed by atoms with van der Waals surface area (Å²) in [5.74, 6) is 2.59. The Hall–Kier alpha value is -3.60. The number of hydrogen-bond donors (Lipinski definition) is 0. The Labute approximate surface area is 156 Å². The molecule has 0 radical (unpaired) electrons. The van der Waals surface area contributed by atoms with Crippen LogP contribution >= 0.6 is 0 Å². The Morgan fingerprint density at radius 3 is 1.89 bits per heavy atom. The van der Waals surface area contributed by atoms with Crippen molar-refractivity contribution in [3.05, 3.63) is 72.8 Å². The Morgan fingerprint density at radius 2 is 1.15 bits per heavy atom. The smallest absolute Gasteiger partial charge is 0.248 e. The molecule has 0 saturated carbocycles. The van der Waals surface area contributed by atoms with Crippen molar-refractivity contribution in [2.45, 2.75) is 0 Å². The summed E-state index contributed by atoms with van der Waals surface area (Å²) >= 11 is 0. The topological polar surface area (TPSA) is 57.4 Å². The molecule has 2 heterocycles. The van der Waals surface area contributed by atoms with E-state index in [-0.39, 0.29) is 0 Å². The summed E-state index contributed by atoms with van der Waals surface area (Å²) < 4.78 is 17.1. The van der Waals surface area contributed by atoms with E-state index in [1.807, 2.05) is 72.8 Å².